The number of rotatable bonds is 5. The van der Waals surface area contributed by atoms with E-state index >= 15 is 0 Å². The molecule has 0 aromatic carbocycles. The van der Waals surface area contributed by atoms with Gasteiger partial charge in [-0.2, -0.15) is 0 Å². The molecule has 3 nitrogen and oxygen atoms in total. The molecular weight excluding hydrogens is 230 g/mol. The minimum atomic E-state index is 0.393. The van der Waals surface area contributed by atoms with Crippen molar-refractivity contribution in [3.8, 4) is 0 Å². The molecule has 1 unspecified atom stereocenters. The fraction of sp³-hybridized carbons (Fsp3) is 0.462. The maximum Gasteiger partial charge on any atom is 0.0897 e. The molecular formula is C13H19N3S. The minimum Gasteiger partial charge on any atom is -0.345 e. The van der Waals surface area contributed by atoms with Gasteiger partial charge in [-0.25, -0.2) is 4.98 Å². The van der Waals surface area contributed by atoms with Crippen LogP contribution in [0.1, 0.15) is 35.5 Å². The molecule has 92 valence electrons. The van der Waals surface area contributed by atoms with Crippen LogP contribution in [-0.2, 0) is 6.54 Å². The van der Waals surface area contributed by atoms with Gasteiger partial charge in [-0.1, -0.05) is 6.92 Å². The first-order valence-electron chi connectivity index (χ1n) is 6.00. The van der Waals surface area contributed by atoms with E-state index < -0.39 is 0 Å². The molecule has 2 heterocycles. The lowest BCUT2D eigenvalue weighted by Gasteiger charge is -2.15. The van der Waals surface area contributed by atoms with E-state index in [1.54, 1.807) is 11.3 Å². The second-order valence-electron chi connectivity index (χ2n) is 4.19. The van der Waals surface area contributed by atoms with Gasteiger partial charge >= 0.3 is 0 Å². The van der Waals surface area contributed by atoms with Crippen molar-refractivity contribution in [2.24, 2.45) is 0 Å². The normalized spacial score (nSPS) is 12.9. The summed E-state index contributed by atoms with van der Waals surface area (Å²) < 4.78 is 2.29. The highest BCUT2D eigenvalue weighted by Gasteiger charge is 2.09. The number of hydrogen-bond donors (Lipinski definition) is 1. The zero-order chi connectivity index (χ0) is 12.3. The summed E-state index contributed by atoms with van der Waals surface area (Å²) in [5.74, 6) is 0. The maximum absolute atomic E-state index is 4.30. The van der Waals surface area contributed by atoms with Crippen LogP contribution in [0.25, 0.3) is 0 Å². The minimum absolute atomic E-state index is 0.393. The summed E-state index contributed by atoms with van der Waals surface area (Å²) in [5.41, 5.74) is 1.33. The molecule has 0 aliphatic rings. The predicted molar refractivity (Wildman–Crippen MR) is 72.5 cm³/mol. The van der Waals surface area contributed by atoms with Crippen LogP contribution in [0.15, 0.2) is 24.5 Å². The Morgan fingerprint density at radius 1 is 1.53 bits per heavy atom. The zero-order valence-electron chi connectivity index (χ0n) is 10.6. The molecule has 0 amide bonds. The largest absolute Gasteiger partial charge is 0.345 e. The lowest BCUT2D eigenvalue weighted by molar-refractivity contribution is 0.554. The lowest BCUT2D eigenvalue weighted by Crippen LogP contribution is -2.20. The average Bonchev–Trinajstić information content (AvgIpc) is 2.89. The Morgan fingerprint density at radius 2 is 2.35 bits per heavy atom. The van der Waals surface area contributed by atoms with E-state index in [1.807, 2.05) is 13.1 Å². The monoisotopic (exact) mass is 249 g/mol. The second kappa shape index (κ2) is 5.47. The van der Waals surface area contributed by atoms with E-state index in [9.17, 15) is 0 Å². The summed E-state index contributed by atoms with van der Waals surface area (Å²) in [6.45, 7) is 8.30. The summed E-state index contributed by atoms with van der Waals surface area (Å²) in [5, 5.41) is 4.58. The van der Waals surface area contributed by atoms with Gasteiger partial charge in [0, 0.05) is 29.0 Å². The summed E-state index contributed by atoms with van der Waals surface area (Å²) in [6, 6.07) is 4.68. The van der Waals surface area contributed by atoms with Gasteiger partial charge in [-0.05, 0) is 32.5 Å². The SMILES string of the molecule is CCNC(C)c1cccn1Cc1cnc(C)s1. The van der Waals surface area contributed by atoms with E-state index in [0.717, 1.165) is 18.1 Å². The average molecular weight is 249 g/mol. The molecule has 0 radical (unpaired) electrons. The van der Waals surface area contributed by atoms with E-state index in [-0.39, 0.29) is 0 Å². The van der Waals surface area contributed by atoms with Gasteiger partial charge in [0.25, 0.3) is 0 Å². The summed E-state index contributed by atoms with van der Waals surface area (Å²) in [7, 11) is 0. The Balaban J connectivity index is 2.13. The second-order valence-corrected chi connectivity index (χ2v) is 5.51. The van der Waals surface area contributed by atoms with E-state index in [4.69, 9.17) is 0 Å². The molecule has 4 heteroatoms. The third-order valence-corrected chi connectivity index (χ3v) is 3.71. The molecule has 0 saturated carbocycles. The molecule has 1 N–H and O–H groups in total. The first-order valence-corrected chi connectivity index (χ1v) is 6.82. The van der Waals surface area contributed by atoms with E-state index in [2.05, 4.69) is 47.0 Å². The lowest BCUT2D eigenvalue weighted by atomic mass is 10.2. The van der Waals surface area contributed by atoms with Gasteiger partial charge in [-0.15, -0.1) is 11.3 Å². The maximum atomic E-state index is 4.30. The van der Waals surface area contributed by atoms with Crippen molar-refractivity contribution in [3.05, 3.63) is 40.1 Å². The predicted octanol–water partition coefficient (Wildman–Crippen LogP) is 2.97. The molecule has 2 aromatic heterocycles. The molecule has 0 saturated heterocycles. The van der Waals surface area contributed by atoms with Crippen LogP contribution < -0.4 is 5.32 Å². The number of thiazole rings is 1. The van der Waals surface area contributed by atoms with Crippen molar-refractivity contribution < 1.29 is 0 Å². The Morgan fingerprint density at radius 3 is 3.00 bits per heavy atom. The Labute approximate surface area is 107 Å². The molecule has 2 aromatic rings. The third kappa shape index (κ3) is 2.96. The molecule has 1 atom stereocenters. The highest BCUT2D eigenvalue weighted by molar-refractivity contribution is 7.11. The molecule has 0 aliphatic carbocycles. The standard InChI is InChI=1S/C13H19N3S/c1-4-14-10(2)13-6-5-7-16(13)9-12-8-15-11(3)17-12/h5-8,10,14H,4,9H2,1-3H3. The number of hydrogen-bond acceptors (Lipinski definition) is 3. The summed E-state index contributed by atoms with van der Waals surface area (Å²) >= 11 is 1.77. The van der Waals surface area contributed by atoms with Gasteiger partial charge in [0.2, 0.25) is 0 Å². The zero-order valence-corrected chi connectivity index (χ0v) is 11.4. The van der Waals surface area contributed by atoms with Crippen molar-refractivity contribution in [1.29, 1.82) is 0 Å². The fourth-order valence-corrected chi connectivity index (χ4v) is 2.82. The molecule has 0 fully saturated rings. The highest BCUT2D eigenvalue weighted by Crippen LogP contribution is 2.18. The molecule has 2 rings (SSSR count). The highest BCUT2D eigenvalue weighted by atomic mass is 32.1. The topological polar surface area (TPSA) is 29.9 Å². The van der Waals surface area contributed by atoms with Gasteiger partial charge in [-0.3, -0.25) is 0 Å². The van der Waals surface area contributed by atoms with Crippen LogP contribution in [0.2, 0.25) is 0 Å². The van der Waals surface area contributed by atoms with Crippen LogP contribution >= 0.6 is 11.3 Å². The van der Waals surface area contributed by atoms with Crippen LogP contribution in [0.4, 0.5) is 0 Å². The van der Waals surface area contributed by atoms with Gasteiger partial charge in [0.15, 0.2) is 0 Å². The van der Waals surface area contributed by atoms with E-state index in [1.165, 1.54) is 10.6 Å². The smallest absolute Gasteiger partial charge is 0.0897 e. The number of aromatic nitrogens is 2. The van der Waals surface area contributed by atoms with Crippen LogP contribution in [0.3, 0.4) is 0 Å². The third-order valence-electron chi connectivity index (χ3n) is 2.81. The van der Waals surface area contributed by atoms with Crippen molar-refractivity contribution in [1.82, 2.24) is 14.9 Å². The Hall–Kier alpha value is -1.13. The van der Waals surface area contributed by atoms with Gasteiger partial charge in [0.05, 0.1) is 11.6 Å². The van der Waals surface area contributed by atoms with Crippen molar-refractivity contribution in [3.63, 3.8) is 0 Å². The number of nitrogens with one attached hydrogen (secondary N) is 1. The number of nitrogens with zero attached hydrogens (tertiary/aromatic N) is 2. The van der Waals surface area contributed by atoms with Crippen LogP contribution in [-0.4, -0.2) is 16.1 Å². The van der Waals surface area contributed by atoms with Crippen LogP contribution in [0, 0.1) is 6.92 Å². The molecule has 0 bridgehead atoms. The molecule has 0 aliphatic heterocycles. The van der Waals surface area contributed by atoms with Crippen molar-refractivity contribution in [2.45, 2.75) is 33.4 Å². The molecule has 0 spiro atoms. The van der Waals surface area contributed by atoms with Crippen molar-refractivity contribution >= 4 is 11.3 Å². The Kier molecular flexibility index (Phi) is 3.97. The first-order chi connectivity index (χ1) is 8.20. The van der Waals surface area contributed by atoms with E-state index in [0.29, 0.717) is 6.04 Å². The van der Waals surface area contributed by atoms with Crippen molar-refractivity contribution in [2.75, 3.05) is 6.54 Å². The quantitative estimate of drug-likeness (QED) is 0.883. The molecule has 17 heavy (non-hydrogen) atoms. The van der Waals surface area contributed by atoms with Gasteiger partial charge < -0.3 is 9.88 Å². The Bertz CT molecular complexity index is 472. The van der Waals surface area contributed by atoms with Crippen LogP contribution in [0.5, 0.6) is 0 Å². The first kappa shape index (κ1) is 12.3. The number of aryl methyl sites for hydroxylation is 1. The summed E-state index contributed by atoms with van der Waals surface area (Å²) in [6.07, 6.45) is 4.11. The fourth-order valence-electron chi connectivity index (χ4n) is 2.02. The van der Waals surface area contributed by atoms with Gasteiger partial charge in [0.1, 0.15) is 0 Å². The summed E-state index contributed by atoms with van der Waals surface area (Å²) in [4.78, 5) is 5.61.